The summed E-state index contributed by atoms with van der Waals surface area (Å²) in [6.45, 7) is 0. The van der Waals surface area contributed by atoms with Gasteiger partial charge in [-0.25, -0.2) is 0 Å². The number of halogens is 3. The third-order valence-electron chi connectivity index (χ3n) is 4.60. The third-order valence-corrected chi connectivity index (χ3v) is 8.12. The van der Waals surface area contributed by atoms with Gasteiger partial charge < -0.3 is 0 Å². The maximum absolute atomic E-state index is 12.7. The molecule has 8 heteroatoms. The molecule has 1 amide bonds. The summed E-state index contributed by atoms with van der Waals surface area (Å²) in [7, 11) is 0. The van der Waals surface area contributed by atoms with Crippen LogP contribution in [0.15, 0.2) is 39.7 Å². The molecular formula is C19H16BrCl2N3OSe. The first-order valence-corrected chi connectivity index (χ1v) is 11.9. The van der Waals surface area contributed by atoms with Crippen molar-refractivity contribution in [1.82, 2.24) is 15.1 Å². The van der Waals surface area contributed by atoms with E-state index in [1.165, 1.54) is 12.8 Å². The first kappa shape index (κ1) is 19.3. The monoisotopic (exact) mass is 531 g/mol. The first-order valence-electron chi connectivity index (χ1n) is 8.63. The fourth-order valence-corrected chi connectivity index (χ4v) is 6.35. The number of hydrogen-bond acceptors (Lipinski definition) is 2. The molecule has 140 valence electrons. The molecule has 2 heterocycles. The Kier molecular flexibility index (Phi) is 5.81. The predicted molar refractivity (Wildman–Crippen MR) is 113 cm³/mol. The van der Waals surface area contributed by atoms with Crippen molar-refractivity contribution in [2.45, 2.75) is 31.7 Å². The van der Waals surface area contributed by atoms with Crippen molar-refractivity contribution >= 4 is 59.5 Å². The van der Waals surface area contributed by atoms with Crippen molar-refractivity contribution in [2.75, 3.05) is 0 Å². The second-order valence-corrected chi connectivity index (χ2v) is 11.6. The van der Waals surface area contributed by atoms with Crippen LogP contribution in [-0.4, -0.2) is 36.2 Å². The van der Waals surface area contributed by atoms with Gasteiger partial charge in [0.1, 0.15) is 0 Å². The summed E-state index contributed by atoms with van der Waals surface area (Å²) >= 11 is 16.1. The summed E-state index contributed by atoms with van der Waals surface area (Å²) in [5, 5.41) is 8.75. The molecule has 27 heavy (non-hydrogen) atoms. The average Bonchev–Trinajstić information content (AvgIpc) is 3.35. The standard InChI is InChI=1S/C19H16BrCl2N3OSe/c20-18-8-7-17(27-18)16-10-14(19(26)23-12-3-1-2-4-12)24-25(16)15-6-5-11(21)9-13(15)22/h5-10,12H,1-4H2,(H,23,26). The van der Waals surface area contributed by atoms with Crippen LogP contribution in [0.4, 0.5) is 0 Å². The molecule has 0 saturated heterocycles. The number of rotatable bonds is 4. The van der Waals surface area contributed by atoms with Crippen LogP contribution in [0.25, 0.3) is 15.8 Å². The number of carbonyl (C=O) groups excluding carboxylic acids is 1. The van der Waals surface area contributed by atoms with Crippen LogP contribution in [0.1, 0.15) is 36.2 Å². The summed E-state index contributed by atoms with van der Waals surface area (Å²) in [4.78, 5) is 12.7. The molecule has 1 aliphatic rings. The molecule has 2 aromatic heterocycles. The van der Waals surface area contributed by atoms with Crippen LogP contribution in [0.2, 0.25) is 10.0 Å². The zero-order valence-electron chi connectivity index (χ0n) is 14.2. The number of nitrogens with zero attached hydrogens (tertiary/aromatic N) is 2. The number of benzene rings is 1. The summed E-state index contributed by atoms with van der Waals surface area (Å²) < 4.78 is 4.03. The molecular weight excluding hydrogens is 516 g/mol. The van der Waals surface area contributed by atoms with E-state index in [0.717, 1.165) is 26.3 Å². The molecule has 3 aromatic rings. The van der Waals surface area contributed by atoms with Crippen molar-refractivity contribution in [3.63, 3.8) is 0 Å². The van der Waals surface area contributed by atoms with Crippen LogP contribution >= 0.6 is 39.1 Å². The van der Waals surface area contributed by atoms with Gasteiger partial charge in [0.05, 0.1) is 0 Å². The zero-order chi connectivity index (χ0) is 19.0. The molecule has 0 spiro atoms. The van der Waals surface area contributed by atoms with Gasteiger partial charge in [0.25, 0.3) is 0 Å². The van der Waals surface area contributed by atoms with Crippen molar-refractivity contribution in [2.24, 2.45) is 0 Å². The van der Waals surface area contributed by atoms with Crippen molar-refractivity contribution in [3.8, 4) is 15.8 Å². The molecule has 0 bridgehead atoms. The van der Waals surface area contributed by atoms with Gasteiger partial charge in [0, 0.05) is 0 Å². The molecule has 1 fully saturated rings. The summed E-state index contributed by atoms with van der Waals surface area (Å²) in [5.41, 5.74) is 1.99. The molecule has 4 nitrogen and oxygen atoms in total. The Balaban J connectivity index is 1.76. The van der Waals surface area contributed by atoms with Gasteiger partial charge in [0.15, 0.2) is 0 Å². The Hall–Kier alpha value is -1.04. The number of amides is 1. The van der Waals surface area contributed by atoms with Gasteiger partial charge >= 0.3 is 182 Å². The van der Waals surface area contributed by atoms with E-state index in [-0.39, 0.29) is 26.5 Å². The van der Waals surface area contributed by atoms with Crippen LogP contribution < -0.4 is 5.32 Å². The van der Waals surface area contributed by atoms with E-state index in [1.54, 1.807) is 16.8 Å². The normalized spacial score (nSPS) is 14.6. The van der Waals surface area contributed by atoms with Gasteiger partial charge in [0.2, 0.25) is 0 Å². The van der Waals surface area contributed by atoms with Gasteiger partial charge in [-0.05, 0) is 0 Å². The number of hydrogen-bond donors (Lipinski definition) is 1. The Bertz CT molecular complexity index is 995. The third kappa shape index (κ3) is 4.20. The molecule has 4 rings (SSSR count). The Morgan fingerprint density at radius 2 is 1.96 bits per heavy atom. The molecule has 0 atom stereocenters. The molecule has 1 N–H and O–H groups in total. The maximum atomic E-state index is 12.7. The molecule has 0 unspecified atom stereocenters. The van der Waals surface area contributed by atoms with E-state index in [0.29, 0.717) is 21.4 Å². The topological polar surface area (TPSA) is 46.9 Å². The van der Waals surface area contributed by atoms with E-state index < -0.39 is 0 Å². The Morgan fingerprint density at radius 1 is 1.19 bits per heavy atom. The summed E-state index contributed by atoms with van der Waals surface area (Å²) in [5.74, 6) is -0.134. The van der Waals surface area contributed by atoms with Crippen LogP contribution in [-0.2, 0) is 0 Å². The van der Waals surface area contributed by atoms with Crippen molar-refractivity contribution < 1.29 is 4.79 Å². The summed E-state index contributed by atoms with van der Waals surface area (Å²) in [6.07, 6.45) is 4.40. The van der Waals surface area contributed by atoms with Gasteiger partial charge in [-0.15, -0.1) is 0 Å². The molecule has 1 aliphatic carbocycles. The second kappa shape index (κ2) is 8.14. The quantitative estimate of drug-likeness (QED) is 0.462. The summed E-state index contributed by atoms with van der Waals surface area (Å²) in [6, 6.07) is 11.5. The molecule has 0 radical (unpaired) electrons. The van der Waals surface area contributed by atoms with E-state index in [9.17, 15) is 4.79 Å². The minimum atomic E-state index is -0.134. The molecule has 1 aromatic carbocycles. The van der Waals surface area contributed by atoms with E-state index >= 15 is 0 Å². The van der Waals surface area contributed by atoms with Gasteiger partial charge in [-0.2, -0.15) is 0 Å². The number of aromatic nitrogens is 2. The Morgan fingerprint density at radius 3 is 2.63 bits per heavy atom. The van der Waals surface area contributed by atoms with Crippen LogP contribution in [0.3, 0.4) is 0 Å². The van der Waals surface area contributed by atoms with Crippen molar-refractivity contribution in [1.29, 1.82) is 0 Å². The Labute approximate surface area is 181 Å². The van der Waals surface area contributed by atoms with Gasteiger partial charge in [-0.1, -0.05) is 0 Å². The fraction of sp³-hybridized carbons (Fsp3) is 0.263. The van der Waals surface area contributed by atoms with Crippen LogP contribution in [0, 0.1) is 0 Å². The number of carbonyl (C=O) groups is 1. The zero-order valence-corrected chi connectivity index (χ0v) is 19.0. The predicted octanol–water partition coefficient (Wildman–Crippen LogP) is 5.34. The average molecular weight is 532 g/mol. The number of nitrogens with one attached hydrogen (secondary N) is 1. The second-order valence-electron chi connectivity index (χ2n) is 6.48. The van der Waals surface area contributed by atoms with Gasteiger partial charge in [-0.3, -0.25) is 0 Å². The minimum absolute atomic E-state index is 0.134. The molecule has 1 saturated carbocycles. The first-order chi connectivity index (χ1) is 13.0. The van der Waals surface area contributed by atoms with E-state index in [1.807, 2.05) is 18.2 Å². The fourth-order valence-electron chi connectivity index (χ4n) is 3.29. The van der Waals surface area contributed by atoms with E-state index in [2.05, 4.69) is 32.4 Å². The van der Waals surface area contributed by atoms with E-state index in [4.69, 9.17) is 23.2 Å². The SMILES string of the molecule is O=C(NC1CCCC1)c1cc(-c2ccc(Br)[se]2)n(-c2ccc(Cl)cc2Cl)n1. The molecule has 0 aliphatic heterocycles. The van der Waals surface area contributed by atoms with Crippen LogP contribution in [0.5, 0.6) is 0 Å². The van der Waals surface area contributed by atoms with Crippen molar-refractivity contribution in [3.05, 3.63) is 55.5 Å².